The molecule has 14 heavy (non-hydrogen) atoms. The molecule has 2 nitrogen and oxygen atoms in total. The molecule has 0 heterocycles. The van der Waals surface area contributed by atoms with Gasteiger partial charge in [-0.3, -0.25) is 0 Å². The molecule has 0 aromatic rings. The van der Waals surface area contributed by atoms with Crippen molar-refractivity contribution in [1.29, 1.82) is 0 Å². The summed E-state index contributed by atoms with van der Waals surface area (Å²) in [6, 6.07) is 0. The number of rotatable bonds is 10. The van der Waals surface area contributed by atoms with Gasteiger partial charge in [0.2, 0.25) is 0 Å². The average molecular weight is 200 g/mol. The Kier molecular flexibility index (Phi) is 12.1. The van der Waals surface area contributed by atoms with E-state index in [1.165, 1.54) is 57.6 Å². The zero-order valence-corrected chi connectivity index (χ0v) is 9.37. The Hall–Kier alpha value is -0.500. The Labute approximate surface area is 87.9 Å². The highest BCUT2D eigenvalue weighted by Gasteiger charge is 1.90. The van der Waals surface area contributed by atoms with Gasteiger partial charge in [-0.15, -0.1) is 0 Å². The monoisotopic (exact) mass is 200 g/mol. The lowest BCUT2D eigenvalue weighted by atomic mass is 10.1. The second-order valence-electron chi connectivity index (χ2n) is 3.74. The first-order valence-electron chi connectivity index (χ1n) is 5.87. The number of unbranched alkanes of at least 4 members (excludes halogenated alkanes) is 8. The summed E-state index contributed by atoms with van der Waals surface area (Å²) in [5, 5.41) is 8.00. The van der Waals surface area contributed by atoms with Gasteiger partial charge in [0, 0.05) is 0 Å². The van der Waals surface area contributed by atoms with Crippen molar-refractivity contribution in [2.75, 3.05) is 0 Å². The molecule has 0 spiro atoms. The molecule has 0 rings (SSSR count). The Morgan fingerprint density at radius 2 is 1.50 bits per heavy atom. The molecule has 0 unspecified atom stereocenters. The van der Waals surface area contributed by atoms with Crippen molar-refractivity contribution in [3.05, 3.63) is 12.3 Å². The predicted molar refractivity (Wildman–Crippen MR) is 60.1 cm³/mol. The van der Waals surface area contributed by atoms with Crippen LogP contribution in [0, 0.1) is 0 Å². The van der Waals surface area contributed by atoms with E-state index in [1.807, 2.05) is 6.08 Å². The number of allylic oxidation sites excluding steroid dienone is 1. The van der Waals surface area contributed by atoms with Crippen LogP contribution in [-0.4, -0.2) is 5.26 Å². The van der Waals surface area contributed by atoms with E-state index >= 15 is 0 Å². The summed E-state index contributed by atoms with van der Waals surface area (Å²) < 4.78 is 0. The first kappa shape index (κ1) is 13.5. The van der Waals surface area contributed by atoms with Crippen molar-refractivity contribution >= 4 is 0 Å². The molecule has 0 radical (unpaired) electrons. The Bertz CT molecular complexity index is 121. The maximum atomic E-state index is 8.00. The Morgan fingerprint density at radius 1 is 0.929 bits per heavy atom. The molecule has 0 bridgehead atoms. The van der Waals surface area contributed by atoms with E-state index in [2.05, 4.69) is 11.8 Å². The van der Waals surface area contributed by atoms with Crippen molar-refractivity contribution in [2.24, 2.45) is 0 Å². The zero-order valence-electron chi connectivity index (χ0n) is 9.37. The smallest absolute Gasteiger partial charge is 0.125 e. The summed E-state index contributed by atoms with van der Waals surface area (Å²) in [7, 11) is 0. The van der Waals surface area contributed by atoms with Gasteiger partial charge < -0.3 is 4.89 Å². The van der Waals surface area contributed by atoms with Crippen molar-refractivity contribution in [2.45, 2.75) is 64.7 Å². The van der Waals surface area contributed by atoms with Crippen LogP contribution in [0.2, 0.25) is 0 Å². The number of hydrogen-bond acceptors (Lipinski definition) is 2. The van der Waals surface area contributed by atoms with Gasteiger partial charge in [-0.05, 0) is 18.9 Å². The number of hydrogen-bond donors (Lipinski definition) is 1. The van der Waals surface area contributed by atoms with Gasteiger partial charge in [-0.2, -0.15) is 0 Å². The third-order valence-electron chi connectivity index (χ3n) is 2.38. The van der Waals surface area contributed by atoms with E-state index in [0.29, 0.717) is 0 Å². The lowest BCUT2D eigenvalue weighted by Crippen LogP contribution is -1.80. The molecular weight excluding hydrogens is 176 g/mol. The van der Waals surface area contributed by atoms with E-state index < -0.39 is 0 Å². The normalized spacial score (nSPS) is 11.0. The first-order chi connectivity index (χ1) is 6.91. The van der Waals surface area contributed by atoms with Crippen LogP contribution in [-0.2, 0) is 4.89 Å². The molecule has 0 aliphatic heterocycles. The fourth-order valence-electron chi connectivity index (χ4n) is 1.51. The lowest BCUT2D eigenvalue weighted by Gasteiger charge is -1.99. The van der Waals surface area contributed by atoms with Crippen LogP contribution < -0.4 is 0 Å². The van der Waals surface area contributed by atoms with Crippen LogP contribution in [0.25, 0.3) is 0 Å². The highest BCUT2D eigenvalue weighted by atomic mass is 17.1. The molecule has 0 saturated heterocycles. The zero-order chi connectivity index (χ0) is 10.5. The van der Waals surface area contributed by atoms with E-state index in [0.717, 1.165) is 6.42 Å². The van der Waals surface area contributed by atoms with Crippen LogP contribution in [0.1, 0.15) is 64.7 Å². The summed E-state index contributed by atoms with van der Waals surface area (Å²) in [6.07, 6.45) is 14.9. The fraction of sp³-hybridized carbons (Fsp3) is 0.833. The average Bonchev–Trinajstić information content (AvgIpc) is 2.21. The largest absolute Gasteiger partial charge is 0.349 e. The topological polar surface area (TPSA) is 29.5 Å². The molecule has 0 aliphatic rings. The molecule has 0 aliphatic carbocycles. The molecule has 2 heteroatoms. The third-order valence-corrected chi connectivity index (χ3v) is 2.38. The van der Waals surface area contributed by atoms with Crippen LogP contribution in [0.5, 0.6) is 0 Å². The maximum absolute atomic E-state index is 8.00. The summed E-state index contributed by atoms with van der Waals surface area (Å²) in [4.78, 5) is 3.83. The molecule has 84 valence electrons. The molecular formula is C12H24O2. The molecule has 0 fully saturated rings. The van der Waals surface area contributed by atoms with E-state index in [-0.39, 0.29) is 0 Å². The molecule has 0 aromatic carbocycles. The summed E-state index contributed by atoms with van der Waals surface area (Å²) in [5.74, 6) is 0. The Morgan fingerprint density at radius 3 is 2.07 bits per heavy atom. The molecule has 0 aromatic heterocycles. The van der Waals surface area contributed by atoms with E-state index in [4.69, 9.17) is 5.26 Å². The highest BCUT2D eigenvalue weighted by Crippen LogP contribution is 2.09. The quantitative estimate of drug-likeness (QED) is 0.243. The summed E-state index contributed by atoms with van der Waals surface area (Å²) in [5.41, 5.74) is 0. The van der Waals surface area contributed by atoms with Crippen LogP contribution in [0.4, 0.5) is 0 Å². The van der Waals surface area contributed by atoms with Gasteiger partial charge in [-0.1, -0.05) is 51.9 Å². The molecule has 0 saturated carbocycles. The second-order valence-corrected chi connectivity index (χ2v) is 3.74. The van der Waals surface area contributed by atoms with Gasteiger partial charge in [-0.25, -0.2) is 5.26 Å². The SMILES string of the molecule is CCCCCCCCCCC=COO. The Balaban J connectivity index is 2.88. The molecule has 0 atom stereocenters. The lowest BCUT2D eigenvalue weighted by molar-refractivity contribution is -0.186. The highest BCUT2D eigenvalue weighted by molar-refractivity contribution is 4.71. The van der Waals surface area contributed by atoms with Crippen molar-refractivity contribution in [3.8, 4) is 0 Å². The molecule has 1 N–H and O–H groups in total. The van der Waals surface area contributed by atoms with Gasteiger partial charge in [0.15, 0.2) is 0 Å². The summed E-state index contributed by atoms with van der Waals surface area (Å²) >= 11 is 0. The minimum atomic E-state index is 1.01. The summed E-state index contributed by atoms with van der Waals surface area (Å²) in [6.45, 7) is 2.25. The van der Waals surface area contributed by atoms with E-state index in [1.54, 1.807) is 0 Å². The van der Waals surface area contributed by atoms with Gasteiger partial charge in [0.05, 0.1) is 0 Å². The second kappa shape index (κ2) is 12.5. The van der Waals surface area contributed by atoms with Gasteiger partial charge >= 0.3 is 0 Å². The van der Waals surface area contributed by atoms with Crippen molar-refractivity contribution in [1.82, 2.24) is 0 Å². The molecule has 0 amide bonds. The van der Waals surface area contributed by atoms with Crippen molar-refractivity contribution < 1.29 is 10.1 Å². The van der Waals surface area contributed by atoms with Crippen LogP contribution >= 0.6 is 0 Å². The minimum Gasteiger partial charge on any atom is -0.349 e. The van der Waals surface area contributed by atoms with Crippen LogP contribution in [0.15, 0.2) is 12.3 Å². The van der Waals surface area contributed by atoms with Crippen molar-refractivity contribution in [3.63, 3.8) is 0 Å². The first-order valence-corrected chi connectivity index (χ1v) is 5.87. The van der Waals surface area contributed by atoms with Crippen LogP contribution in [0.3, 0.4) is 0 Å². The third kappa shape index (κ3) is 11.5. The van der Waals surface area contributed by atoms with Gasteiger partial charge in [0.25, 0.3) is 0 Å². The maximum Gasteiger partial charge on any atom is 0.125 e. The predicted octanol–water partition coefficient (Wildman–Crippen LogP) is 4.52. The van der Waals surface area contributed by atoms with E-state index in [9.17, 15) is 0 Å². The minimum absolute atomic E-state index is 1.01. The standard InChI is InChI=1S/C12H24O2/c1-2-3-4-5-6-7-8-9-10-11-12-14-13/h11-13H,2-10H2,1H3. The van der Waals surface area contributed by atoms with Gasteiger partial charge in [0.1, 0.15) is 6.26 Å². The fourth-order valence-corrected chi connectivity index (χ4v) is 1.51.